The van der Waals surface area contributed by atoms with Crippen LogP contribution in [0.5, 0.6) is 0 Å². The number of rotatable bonds is 3. The van der Waals surface area contributed by atoms with Crippen LogP contribution in [0.3, 0.4) is 0 Å². The highest BCUT2D eigenvalue weighted by Crippen LogP contribution is 2.29. The first-order valence-corrected chi connectivity index (χ1v) is 8.91. The smallest absolute Gasteiger partial charge is 0.410 e. The quantitative estimate of drug-likeness (QED) is 0.870. The van der Waals surface area contributed by atoms with Crippen molar-refractivity contribution in [2.24, 2.45) is 0 Å². The third kappa shape index (κ3) is 5.96. The molecule has 2 rings (SSSR count). The van der Waals surface area contributed by atoms with Gasteiger partial charge < -0.3 is 20.3 Å². The molecule has 0 aliphatic carbocycles. The van der Waals surface area contributed by atoms with E-state index in [2.05, 4.69) is 22.8 Å². The highest BCUT2D eigenvalue weighted by molar-refractivity contribution is 5.89. The van der Waals surface area contributed by atoms with E-state index in [4.69, 9.17) is 4.74 Å². The van der Waals surface area contributed by atoms with E-state index in [9.17, 15) is 9.59 Å². The average molecular weight is 347 g/mol. The molecule has 1 aromatic rings. The Hall–Kier alpha value is -2.24. The predicted octanol–water partition coefficient (Wildman–Crippen LogP) is 3.94. The Morgan fingerprint density at radius 1 is 1.16 bits per heavy atom. The number of amides is 3. The van der Waals surface area contributed by atoms with E-state index in [1.165, 1.54) is 5.56 Å². The molecular weight excluding hydrogens is 318 g/mol. The van der Waals surface area contributed by atoms with Gasteiger partial charge in [-0.25, -0.2) is 9.59 Å². The average Bonchev–Trinajstić information content (AvgIpc) is 2.54. The van der Waals surface area contributed by atoms with E-state index in [0.29, 0.717) is 25.6 Å². The fourth-order valence-electron chi connectivity index (χ4n) is 2.90. The summed E-state index contributed by atoms with van der Waals surface area (Å²) in [5, 5.41) is 5.50. The molecule has 0 aromatic heterocycles. The molecule has 1 aliphatic heterocycles. The molecule has 0 bridgehead atoms. The summed E-state index contributed by atoms with van der Waals surface area (Å²) < 4.78 is 5.43. The van der Waals surface area contributed by atoms with Crippen molar-refractivity contribution in [3.63, 3.8) is 0 Å². The fraction of sp³-hybridized carbons (Fsp3) is 0.579. The maximum atomic E-state index is 12.1. The number of nitrogens with one attached hydrogen (secondary N) is 2. The lowest BCUT2D eigenvalue weighted by Crippen LogP contribution is -2.41. The molecule has 2 N–H and O–H groups in total. The van der Waals surface area contributed by atoms with Crippen molar-refractivity contribution in [2.75, 3.05) is 25.0 Å². The molecule has 6 nitrogen and oxygen atoms in total. The molecule has 0 radical (unpaired) electrons. The highest BCUT2D eigenvalue weighted by atomic mass is 16.6. The summed E-state index contributed by atoms with van der Waals surface area (Å²) in [7, 11) is 0. The van der Waals surface area contributed by atoms with Crippen LogP contribution in [0.15, 0.2) is 24.3 Å². The Morgan fingerprint density at radius 2 is 1.76 bits per heavy atom. The zero-order valence-corrected chi connectivity index (χ0v) is 15.6. The van der Waals surface area contributed by atoms with Crippen LogP contribution in [-0.4, -0.2) is 42.3 Å². The molecule has 0 atom stereocenters. The summed E-state index contributed by atoms with van der Waals surface area (Å²) >= 11 is 0. The van der Waals surface area contributed by atoms with Crippen molar-refractivity contribution in [2.45, 2.75) is 52.1 Å². The van der Waals surface area contributed by atoms with Crippen molar-refractivity contribution >= 4 is 17.8 Å². The zero-order valence-electron chi connectivity index (χ0n) is 15.6. The van der Waals surface area contributed by atoms with E-state index < -0.39 is 5.60 Å². The molecule has 0 saturated carbocycles. The SMILES string of the molecule is CCNC(=O)Nc1ccc(C2CCN(C(=O)OC(C)(C)C)CC2)cc1. The molecule has 1 fully saturated rings. The summed E-state index contributed by atoms with van der Waals surface area (Å²) in [5.74, 6) is 0.428. The van der Waals surface area contributed by atoms with Crippen LogP contribution in [-0.2, 0) is 4.74 Å². The van der Waals surface area contributed by atoms with Crippen LogP contribution >= 0.6 is 0 Å². The van der Waals surface area contributed by atoms with Gasteiger partial charge >= 0.3 is 12.1 Å². The van der Waals surface area contributed by atoms with E-state index in [1.807, 2.05) is 39.8 Å². The number of nitrogens with zero attached hydrogens (tertiary/aromatic N) is 1. The Morgan fingerprint density at radius 3 is 2.28 bits per heavy atom. The number of hydrogen-bond donors (Lipinski definition) is 2. The van der Waals surface area contributed by atoms with Crippen LogP contribution in [0.4, 0.5) is 15.3 Å². The van der Waals surface area contributed by atoms with Gasteiger partial charge in [-0.3, -0.25) is 0 Å². The van der Waals surface area contributed by atoms with Gasteiger partial charge in [0, 0.05) is 25.3 Å². The normalized spacial score (nSPS) is 15.6. The summed E-state index contributed by atoms with van der Waals surface area (Å²) in [6.07, 6.45) is 1.61. The first kappa shape index (κ1) is 19.1. The van der Waals surface area contributed by atoms with Gasteiger partial charge in [-0.1, -0.05) is 12.1 Å². The number of likely N-dealkylation sites (tertiary alicyclic amines) is 1. The molecule has 0 spiro atoms. The van der Waals surface area contributed by atoms with Crippen molar-refractivity contribution in [1.29, 1.82) is 0 Å². The number of anilines is 1. The lowest BCUT2D eigenvalue weighted by atomic mass is 9.89. The minimum Gasteiger partial charge on any atom is -0.444 e. The molecule has 25 heavy (non-hydrogen) atoms. The molecule has 1 saturated heterocycles. The van der Waals surface area contributed by atoms with Crippen molar-refractivity contribution in [3.8, 4) is 0 Å². The summed E-state index contributed by atoms with van der Waals surface area (Å²) in [6, 6.07) is 7.75. The van der Waals surface area contributed by atoms with Gasteiger partial charge in [0.15, 0.2) is 0 Å². The van der Waals surface area contributed by atoms with Crippen LogP contribution in [0.1, 0.15) is 52.0 Å². The largest absolute Gasteiger partial charge is 0.444 e. The topological polar surface area (TPSA) is 70.7 Å². The number of urea groups is 1. The van der Waals surface area contributed by atoms with E-state index in [1.54, 1.807) is 4.90 Å². The van der Waals surface area contributed by atoms with Crippen molar-refractivity contribution < 1.29 is 14.3 Å². The van der Waals surface area contributed by atoms with E-state index >= 15 is 0 Å². The Kier molecular flexibility index (Phi) is 6.28. The minimum atomic E-state index is -0.458. The van der Waals surface area contributed by atoms with Crippen molar-refractivity contribution in [3.05, 3.63) is 29.8 Å². The molecule has 0 unspecified atom stereocenters. The third-order valence-electron chi connectivity index (χ3n) is 4.12. The van der Waals surface area contributed by atoms with Gasteiger partial charge in [0.05, 0.1) is 0 Å². The summed E-state index contributed by atoms with van der Waals surface area (Å²) in [4.78, 5) is 25.4. The maximum Gasteiger partial charge on any atom is 0.410 e. The molecule has 1 aromatic carbocycles. The third-order valence-corrected chi connectivity index (χ3v) is 4.12. The first-order valence-electron chi connectivity index (χ1n) is 8.91. The maximum absolute atomic E-state index is 12.1. The number of carbonyl (C=O) groups is 2. The molecule has 6 heteroatoms. The number of carbonyl (C=O) groups excluding carboxylic acids is 2. The predicted molar refractivity (Wildman–Crippen MR) is 98.9 cm³/mol. The number of piperidine rings is 1. The van der Waals surface area contributed by atoms with Gasteiger partial charge in [-0.2, -0.15) is 0 Å². The monoisotopic (exact) mass is 347 g/mol. The number of hydrogen-bond acceptors (Lipinski definition) is 3. The number of benzene rings is 1. The molecule has 1 aliphatic rings. The first-order chi connectivity index (χ1) is 11.8. The second-order valence-corrected chi connectivity index (χ2v) is 7.35. The Labute approximate surface area is 149 Å². The molecule has 1 heterocycles. The lowest BCUT2D eigenvalue weighted by molar-refractivity contribution is 0.0205. The second-order valence-electron chi connectivity index (χ2n) is 7.35. The fourth-order valence-corrected chi connectivity index (χ4v) is 2.90. The van der Waals surface area contributed by atoms with Crippen LogP contribution in [0.25, 0.3) is 0 Å². The van der Waals surface area contributed by atoms with Gasteiger partial charge in [0.2, 0.25) is 0 Å². The second kappa shape index (κ2) is 8.23. The lowest BCUT2D eigenvalue weighted by Gasteiger charge is -2.33. The highest BCUT2D eigenvalue weighted by Gasteiger charge is 2.27. The molecule has 3 amide bonds. The molecular formula is C19H29N3O3. The van der Waals surface area contributed by atoms with Gasteiger partial charge in [-0.05, 0) is 64.2 Å². The van der Waals surface area contributed by atoms with Crippen LogP contribution in [0.2, 0.25) is 0 Å². The van der Waals surface area contributed by atoms with Crippen LogP contribution < -0.4 is 10.6 Å². The van der Waals surface area contributed by atoms with Gasteiger partial charge in [0.1, 0.15) is 5.60 Å². The minimum absolute atomic E-state index is 0.194. The van der Waals surface area contributed by atoms with Gasteiger partial charge in [-0.15, -0.1) is 0 Å². The molecule has 138 valence electrons. The Bertz CT molecular complexity index is 585. The van der Waals surface area contributed by atoms with Gasteiger partial charge in [0.25, 0.3) is 0 Å². The van der Waals surface area contributed by atoms with Crippen LogP contribution in [0, 0.1) is 0 Å². The van der Waals surface area contributed by atoms with Crippen molar-refractivity contribution in [1.82, 2.24) is 10.2 Å². The summed E-state index contributed by atoms with van der Waals surface area (Å²) in [5.41, 5.74) is 1.56. The van der Waals surface area contributed by atoms with E-state index in [-0.39, 0.29) is 12.1 Å². The zero-order chi connectivity index (χ0) is 18.4. The number of ether oxygens (including phenoxy) is 1. The van der Waals surface area contributed by atoms with E-state index in [0.717, 1.165) is 18.5 Å². The standard InChI is InChI=1S/C19H29N3O3/c1-5-20-17(23)21-16-8-6-14(7-9-16)15-10-12-22(13-11-15)18(24)25-19(2,3)4/h6-9,15H,5,10-13H2,1-4H3,(H2,20,21,23). The Balaban J connectivity index is 1.86. The summed E-state index contributed by atoms with van der Waals surface area (Å²) in [6.45, 7) is 9.54.